The number of fused-ring (bicyclic) bond motifs is 1. The molecule has 6 heteroatoms. The molecule has 0 aliphatic heterocycles. The van der Waals surface area contributed by atoms with Crippen LogP contribution in [-0.2, 0) is 0 Å². The van der Waals surface area contributed by atoms with Crippen LogP contribution >= 0.6 is 11.7 Å². The fraction of sp³-hybridized carbons (Fsp3) is 0. The minimum absolute atomic E-state index is 0.0706. The van der Waals surface area contributed by atoms with Crippen LogP contribution in [0.25, 0.3) is 11.0 Å². The van der Waals surface area contributed by atoms with E-state index in [0.29, 0.717) is 16.6 Å². The van der Waals surface area contributed by atoms with E-state index in [4.69, 9.17) is 11.1 Å². The van der Waals surface area contributed by atoms with Gasteiger partial charge in [0, 0.05) is 0 Å². The SMILES string of the molecule is N=C(N)c1ccc2nsnc2c1O. The number of phenols is 1. The summed E-state index contributed by atoms with van der Waals surface area (Å²) in [4.78, 5) is 0. The molecule has 0 aliphatic carbocycles. The Bertz CT molecular complexity index is 478. The van der Waals surface area contributed by atoms with E-state index in [9.17, 15) is 5.11 Å². The molecule has 0 amide bonds. The molecular weight excluding hydrogens is 188 g/mol. The number of phenolic OH excluding ortho intramolecular Hbond substituents is 1. The summed E-state index contributed by atoms with van der Waals surface area (Å²) in [5, 5.41) is 16.8. The summed E-state index contributed by atoms with van der Waals surface area (Å²) in [7, 11) is 0. The summed E-state index contributed by atoms with van der Waals surface area (Å²) in [6.07, 6.45) is 0. The predicted octanol–water partition coefficient (Wildman–Crippen LogP) is 0.681. The van der Waals surface area contributed by atoms with Crippen LogP contribution in [0.4, 0.5) is 0 Å². The first-order chi connectivity index (χ1) is 6.20. The molecule has 1 aromatic heterocycles. The van der Waals surface area contributed by atoms with Gasteiger partial charge in [0.15, 0.2) is 5.75 Å². The molecule has 0 atom stereocenters. The number of nitrogen functional groups attached to an aromatic ring is 1. The number of hydrogen-bond donors (Lipinski definition) is 3. The number of rotatable bonds is 1. The molecule has 0 radical (unpaired) electrons. The third-order valence-corrected chi connectivity index (χ3v) is 2.23. The lowest BCUT2D eigenvalue weighted by molar-refractivity contribution is 0.479. The molecule has 0 saturated carbocycles. The van der Waals surface area contributed by atoms with E-state index >= 15 is 0 Å². The molecule has 0 spiro atoms. The number of aromatic nitrogens is 2. The molecule has 0 aliphatic rings. The molecule has 2 rings (SSSR count). The first-order valence-corrected chi connectivity index (χ1v) is 4.22. The quantitative estimate of drug-likeness (QED) is 0.459. The molecule has 4 N–H and O–H groups in total. The van der Waals surface area contributed by atoms with Crippen molar-refractivity contribution in [2.45, 2.75) is 0 Å². The van der Waals surface area contributed by atoms with Crippen LogP contribution in [0.2, 0.25) is 0 Å². The lowest BCUT2D eigenvalue weighted by Crippen LogP contribution is -2.11. The molecule has 1 aromatic carbocycles. The molecule has 66 valence electrons. The number of aromatic hydroxyl groups is 1. The van der Waals surface area contributed by atoms with Crippen LogP contribution in [0.3, 0.4) is 0 Å². The molecular formula is C7H6N4OS. The van der Waals surface area contributed by atoms with Gasteiger partial charge in [-0.3, -0.25) is 5.41 Å². The smallest absolute Gasteiger partial charge is 0.155 e. The number of hydrogen-bond acceptors (Lipinski definition) is 5. The highest BCUT2D eigenvalue weighted by Gasteiger charge is 2.10. The fourth-order valence-electron chi connectivity index (χ4n) is 1.06. The second-order valence-electron chi connectivity index (χ2n) is 2.51. The Labute approximate surface area is 77.7 Å². The van der Waals surface area contributed by atoms with Gasteiger partial charge in [-0.05, 0) is 12.1 Å². The van der Waals surface area contributed by atoms with Gasteiger partial charge in [0.2, 0.25) is 0 Å². The molecule has 2 aromatic rings. The van der Waals surface area contributed by atoms with Gasteiger partial charge in [-0.1, -0.05) is 0 Å². The zero-order chi connectivity index (χ0) is 9.42. The molecule has 13 heavy (non-hydrogen) atoms. The highest BCUT2D eigenvalue weighted by Crippen LogP contribution is 2.26. The Morgan fingerprint density at radius 1 is 1.46 bits per heavy atom. The summed E-state index contributed by atoms with van der Waals surface area (Å²) < 4.78 is 7.83. The molecule has 0 saturated heterocycles. The summed E-state index contributed by atoms with van der Waals surface area (Å²) in [5.74, 6) is -0.244. The van der Waals surface area contributed by atoms with E-state index in [-0.39, 0.29) is 11.6 Å². The van der Waals surface area contributed by atoms with Crippen molar-refractivity contribution in [2.24, 2.45) is 5.73 Å². The number of nitrogens with one attached hydrogen (secondary N) is 1. The van der Waals surface area contributed by atoms with Crippen molar-refractivity contribution in [3.8, 4) is 5.75 Å². The Hall–Kier alpha value is -1.69. The largest absolute Gasteiger partial charge is 0.505 e. The van der Waals surface area contributed by atoms with Gasteiger partial charge >= 0.3 is 0 Å². The summed E-state index contributed by atoms with van der Waals surface area (Å²) in [6, 6.07) is 3.23. The maximum Gasteiger partial charge on any atom is 0.155 e. The maximum atomic E-state index is 9.59. The number of nitrogens with two attached hydrogens (primary N) is 1. The summed E-state index contributed by atoms with van der Waals surface area (Å²) in [6.45, 7) is 0. The van der Waals surface area contributed by atoms with Crippen molar-refractivity contribution in [3.05, 3.63) is 17.7 Å². The van der Waals surface area contributed by atoms with Gasteiger partial charge in [-0.2, -0.15) is 8.75 Å². The van der Waals surface area contributed by atoms with E-state index < -0.39 is 0 Å². The van der Waals surface area contributed by atoms with Crippen LogP contribution in [0.5, 0.6) is 5.75 Å². The Kier molecular flexibility index (Phi) is 1.63. The zero-order valence-electron chi connectivity index (χ0n) is 6.48. The second-order valence-corrected chi connectivity index (χ2v) is 3.04. The first kappa shape index (κ1) is 7.93. The van der Waals surface area contributed by atoms with Gasteiger partial charge in [-0.15, -0.1) is 0 Å². The third-order valence-electron chi connectivity index (χ3n) is 1.69. The van der Waals surface area contributed by atoms with E-state index in [1.54, 1.807) is 12.1 Å². The van der Waals surface area contributed by atoms with Crippen molar-refractivity contribution in [2.75, 3.05) is 0 Å². The molecule has 0 unspecified atom stereocenters. The van der Waals surface area contributed by atoms with Crippen molar-refractivity contribution in [3.63, 3.8) is 0 Å². The standard InChI is InChI=1S/C7H6N4OS/c8-7(9)3-1-2-4-5(6(3)12)11-13-10-4/h1-2,12H,(H3,8,9). The van der Waals surface area contributed by atoms with Gasteiger partial charge in [0.25, 0.3) is 0 Å². The minimum Gasteiger partial charge on any atom is -0.505 e. The van der Waals surface area contributed by atoms with E-state index in [2.05, 4.69) is 8.75 Å². The molecule has 5 nitrogen and oxygen atoms in total. The molecule has 0 fully saturated rings. The topological polar surface area (TPSA) is 95.9 Å². The fourth-order valence-corrected chi connectivity index (χ4v) is 1.59. The number of amidine groups is 1. The van der Waals surface area contributed by atoms with Gasteiger partial charge in [0.05, 0.1) is 17.3 Å². The van der Waals surface area contributed by atoms with Crippen LogP contribution in [0.1, 0.15) is 5.56 Å². The Morgan fingerprint density at radius 3 is 2.92 bits per heavy atom. The summed E-state index contributed by atoms with van der Waals surface area (Å²) >= 11 is 1.02. The van der Waals surface area contributed by atoms with Crippen LogP contribution in [-0.4, -0.2) is 19.7 Å². The van der Waals surface area contributed by atoms with Crippen molar-refractivity contribution in [1.82, 2.24) is 8.75 Å². The maximum absolute atomic E-state index is 9.59. The summed E-state index contributed by atoms with van der Waals surface area (Å²) in [5.41, 5.74) is 6.56. The van der Waals surface area contributed by atoms with Crippen LogP contribution in [0.15, 0.2) is 12.1 Å². The van der Waals surface area contributed by atoms with Crippen LogP contribution in [0, 0.1) is 5.41 Å². The average Bonchev–Trinajstić information content (AvgIpc) is 2.52. The third kappa shape index (κ3) is 1.11. The van der Waals surface area contributed by atoms with E-state index in [1.807, 2.05) is 0 Å². The highest BCUT2D eigenvalue weighted by molar-refractivity contribution is 7.00. The van der Waals surface area contributed by atoms with Crippen LogP contribution < -0.4 is 5.73 Å². The normalized spacial score (nSPS) is 10.5. The Balaban J connectivity index is 2.80. The molecule has 1 heterocycles. The predicted molar refractivity (Wildman–Crippen MR) is 50.1 cm³/mol. The number of nitrogens with zero attached hydrogens (tertiary/aromatic N) is 2. The average molecular weight is 194 g/mol. The van der Waals surface area contributed by atoms with Gasteiger partial charge in [0.1, 0.15) is 16.9 Å². The monoisotopic (exact) mass is 194 g/mol. The Morgan fingerprint density at radius 2 is 2.23 bits per heavy atom. The lowest BCUT2D eigenvalue weighted by Gasteiger charge is -2.00. The number of benzene rings is 1. The molecule has 0 bridgehead atoms. The van der Waals surface area contributed by atoms with Gasteiger partial charge in [-0.25, -0.2) is 0 Å². The van der Waals surface area contributed by atoms with Gasteiger partial charge < -0.3 is 10.8 Å². The lowest BCUT2D eigenvalue weighted by atomic mass is 10.1. The zero-order valence-corrected chi connectivity index (χ0v) is 7.30. The minimum atomic E-state index is -0.174. The van der Waals surface area contributed by atoms with E-state index in [1.165, 1.54) is 0 Å². The van der Waals surface area contributed by atoms with Crippen molar-refractivity contribution >= 4 is 28.6 Å². The second kappa shape index (κ2) is 2.67. The van der Waals surface area contributed by atoms with E-state index in [0.717, 1.165) is 11.7 Å². The first-order valence-electron chi connectivity index (χ1n) is 3.49. The highest BCUT2D eigenvalue weighted by atomic mass is 32.1. The van der Waals surface area contributed by atoms with Crippen molar-refractivity contribution < 1.29 is 5.11 Å². The van der Waals surface area contributed by atoms with Crippen molar-refractivity contribution in [1.29, 1.82) is 5.41 Å².